The highest BCUT2D eigenvalue weighted by molar-refractivity contribution is 5.94. The van der Waals surface area contributed by atoms with Gasteiger partial charge in [-0.3, -0.25) is 9.59 Å². The summed E-state index contributed by atoms with van der Waals surface area (Å²) >= 11 is 0. The van der Waals surface area contributed by atoms with Crippen LogP contribution in [0.25, 0.3) is 0 Å². The van der Waals surface area contributed by atoms with Crippen molar-refractivity contribution in [1.82, 2.24) is 5.32 Å². The molecule has 1 radical (unpaired) electrons. The van der Waals surface area contributed by atoms with Gasteiger partial charge in [-0.15, -0.1) is 0 Å². The van der Waals surface area contributed by atoms with Crippen molar-refractivity contribution in [2.45, 2.75) is 44.9 Å². The van der Waals surface area contributed by atoms with Crippen LogP contribution >= 0.6 is 0 Å². The van der Waals surface area contributed by atoms with Gasteiger partial charge in [-0.2, -0.15) is 5.32 Å². The first-order chi connectivity index (χ1) is 5.79. The van der Waals surface area contributed by atoms with Crippen molar-refractivity contribution in [2.75, 3.05) is 0 Å². The SMILES string of the molecule is O=C1CCCCCCCC(=O)[N]1. The number of nitrogens with zero attached hydrogens (tertiary/aromatic N) is 1. The second-order valence-corrected chi connectivity index (χ2v) is 3.17. The molecule has 1 saturated heterocycles. The third kappa shape index (κ3) is 3.51. The van der Waals surface area contributed by atoms with E-state index >= 15 is 0 Å². The Kier molecular flexibility index (Phi) is 3.77. The minimum atomic E-state index is -0.234. The zero-order valence-electron chi connectivity index (χ0n) is 7.21. The van der Waals surface area contributed by atoms with Gasteiger partial charge in [0.05, 0.1) is 0 Å². The van der Waals surface area contributed by atoms with Crippen molar-refractivity contribution < 1.29 is 9.59 Å². The van der Waals surface area contributed by atoms with Gasteiger partial charge in [0.15, 0.2) is 0 Å². The summed E-state index contributed by atoms with van der Waals surface area (Å²) in [6.07, 6.45) is 5.99. The summed E-state index contributed by atoms with van der Waals surface area (Å²) in [5, 5.41) is 3.46. The molecule has 0 aliphatic carbocycles. The molecule has 1 aliphatic rings. The Morgan fingerprint density at radius 3 is 1.67 bits per heavy atom. The number of imide groups is 1. The highest BCUT2D eigenvalue weighted by Crippen LogP contribution is 2.09. The van der Waals surface area contributed by atoms with E-state index < -0.39 is 0 Å². The van der Waals surface area contributed by atoms with Crippen molar-refractivity contribution in [3.8, 4) is 0 Å². The van der Waals surface area contributed by atoms with Crippen LogP contribution in [-0.2, 0) is 9.59 Å². The summed E-state index contributed by atoms with van der Waals surface area (Å²) in [5.41, 5.74) is 0. The van der Waals surface area contributed by atoms with E-state index in [9.17, 15) is 9.59 Å². The first-order valence-electron chi connectivity index (χ1n) is 4.56. The van der Waals surface area contributed by atoms with Gasteiger partial charge in [0.2, 0.25) is 11.8 Å². The lowest BCUT2D eigenvalue weighted by molar-refractivity contribution is -0.131. The number of carbonyl (C=O) groups is 2. The quantitative estimate of drug-likeness (QED) is 0.513. The van der Waals surface area contributed by atoms with Gasteiger partial charge < -0.3 is 0 Å². The van der Waals surface area contributed by atoms with Gasteiger partial charge >= 0.3 is 0 Å². The number of carbonyl (C=O) groups excluding carboxylic acids is 2. The Hall–Kier alpha value is -0.860. The number of rotatable bonds is 0. The largest absolute Gasteiger partial charge is 0.273 e. The fourth-order valence-electron chi connectivity index (χ4n) is 1.33. The first-order valence-corrected chi connectivity index (χ1v) is 4.56. The highest BCUT2D eigenvalue weighted by Gasteiger charge is 2.11. The molecule has 1 aliphatic heterocycles. The molecule has 67 valence electrons. The summed E-state index contributed by atoms with van der Waals surface area (Å²) in [4.78, 5) is 21.8. The van der Waals surface area contributed by atoms with Gasteiger partial charge in [-0.1, -0.05) is 19.3 Å². The molecule has 0 bridgehead atoms. The van der Waals surface area contributed by atoms with Crippen LogP contribution < -0.4 is 5.32 Å². The van der Waals surface area contributed by atoms with E-state index in [2.05, 4.69) is 5.32 Å². The molecular weight excluding hydrogens is 154 g/mol. The second-order valence-electron chi connectivity index (χ2n) is 3.17. The zero-order valence-corrected chi connectivity index (χ0v) is 7.21. The molecule has 2 amide bonds. The predicted octanol–water partition coefficient (Wildman–Crippen LogP) is 1.39. The maximum Gasteiger partial charge on any atom is 0.248 e. The minimum Gasteiger partial charge on any atom is -0.273 e. The molecule has 1 heterocycles. The molecular formula is C9H14NO2. The Labute approximate surface area is 72.5 Å². The van der Waals surface area contributed by atoms with E-state index in [0.29, 0.717) is 12.8 Å². The van der Waals surface area contributed by atoms with Gasteiger partial charge in [-0.25, -0.2) is 0 Å². The molecule has 12 heavy (non-hydrogen) atoms. The molecule has 0 saturated carbocycles. The summed E-state index contributed by atoms with van der Waals surface area (Å²) in [5.74, 6) is -0.469. The normalized spacial score (nSPS) is 21.7. The maximum atomic E-state index is 10.9. The molecule has 0 spiro atoms. The van der Waals surface area contributed by atoms with Crippen LogP contribution in [0.5, 0.6) is 0 Å². The van der Waals surface area contributed by atoms with Crippen LogP contribution in [0.2, 0.25) is 0 Å². The number of hydrogen-bond donors (Lipinski definition) is 0. The summed E-state index contributed by atoms with van der Waals surface area (Å²) in [6.45, 7) is 0. The molecule has 3 heteroatoms. The monoisotopic (exact) mass is 168 g/mol. The Morgan fingerprint density at radius 2 is 1.17 bits per heavy atom. The van der Waals surface area contributed by atoms with Crippen molar-refractivity contribution in [3.63, 3.8) is 0 Å². The number of amides is 2. The van der Waals surface area contributed by atoms with Crippen LogP contribution in [0.4, 0.5) is 0 Å². The average Bonchev–Trinajstić information content (AvgIpc) is 2.02. The fraction of sp³-hybridized carbons (Fsp3) is 0.778. The first kappa shape index (κ1) is 9.23. The second kappa shape index (κ2) is 4.91. The Balaban J connectivity index is 2.34. The molecule has 0 unspecified atom stereocenters. The van der Waals surface area contributed by atoms with E-state index in [-0.39, 0.29) is 11.8 Å². The van der Waals surface area contributed by atoms with Crippen LogP contribution in [0.15, 0.2) is 0 Å². The standard InChI is InChI=1S/C9H14NO2/c11-8-6-4-2-1-3-5-7-9(12)10-8/h1-7H2. The molecule has 0 aromatic rings. The van der Waals surface area contributed by atoms with E-state index in [1.165, 1.54) is 0 Å². The molecule has 0 N–H and O–H groups in total. The smallest absolute Gasteiger partial charge is 0.248 e. The lowest BCUT2D eigenvalue weighted by Crippen LogP contribution is -2.22. The molecule has 0 aromatic carbocycles. The van der Waals surface area contributed by atoms with Crippen LogP contribution in [-0.4, -0.2) is 11.8 Å². The maximum absolute atomic E-state index is 10.9. The zero-order chi connectivity index (χ0) is 8.81. The lowest BCUT2D eigenvalue weighted by atomic mass is 10.1. The minimum absolute atomic E-state index is 0.234. The molecule has 0 atom stereocenters. The van der Waals surface area contributed by atoms with Gasteiger partial charge in [-0.05, 0) is 12.8 Å². The van der Waals surface area contributed by atoms with Gasteiger partial charge in [0, 0.05) is 12.8 Å². The average molecular weight is 168 g/mol. The van der Waals surface area contributed by atoms with Crippen molar-refractivity contribution in [1.29, 1.82) is 0 Å². The molecule has 1 rings (SSSR count). The lowest BCUT2D eigenvalue weighted by Gasteiger charge is -2.04. The van der Waals surface area contributed by atoms with E-state index in [1.807, 2.05) is 0 Å². The van der Waals surface area contributed by atoms with Gasteiger partial charge in [0.25, 0.3) is 0 Å². The summed E-state index contributed by atoms with van der Waals surface area (Å²) in [7, 11) is 0. The molecule has 1 fully saturated rings. The third-order valence-corrected chi connectivity index (χ3v) is 2.03. The molecule has 0 aromatic heterocycles. The van der Waals surface area contributed by atoms with Crippen LogP contribution in [0.1, 0.15) is 44.9 Å². The summed E-state index contributed by atoms with van der Waals surface area (Å²) < 4.78 is 0. The highest BCUT2D eigenvalue weighted by atomic mass is 16.2. The Morgan fingerprint density at radius 1 is 0.750 bits per heavy atom. The topological polar surface area (TPSA) is 48.2 Å². The fourth-order valence-corrected chi connectivity index (χ4v) is 1.33. The number of hydrogen-bond acceptors (Lipinski definition) is 2. The molecule has 3 nitrogen and oxygen atoms in total. The van der Waals surface area contributed by atoms with E-state index in [0.717, 1.165) is 32.1 Å². The Bertz CT molecular complexity index is 159. The van der Waals surface area contributed by atoms with Crippen LogP contribution in [0, 0.1) is 0 Å². The predicted molar refractivity (Wildman–Crippen MR) is 44.5 cm³/mol. The van der Waals surface area contributed by atoms with Crippen molar-refractivity contribution in [2.24, 2.45) is 0 Å². The van der Waals surface area contributed by atoms with E-state index in [1.54, 1.807) is 0 Å². The van der Waals surface area contributed by atoms with Crippen molar-refractivity contribution in [3.05, 3.63) is 0 Å². The van der Waals surface area contributed by atoms with Crippen LogP contribution in [0.3, 0.4) is 0 Å². The van der Waals surface area contributed by atoms with Crippen molar-refractivity contribution >= 4 is 11.8 Å². The van der Waals surface area contributed by atoms with E-state index in [4.69, 9.17) is 0 Å². The third-order valence-electron chi connectivity index (χ3n) is 2.03. The van der Waals surface area contributed by atoms with Gasteiger partial charge in [0.1, 0.15) is 0 Å². The summed E-state index contributed by atoms with van der Waals surface area (Å²) in [6, 6.07) is 0.